The highest BCUT2D eigenvalue weighted by Gasteiger charge is 2.19. The van der Waals surface area contributed by atoms with Crippen LogP contribution in [0.5, 0.6) is 0 Å². The van der Waals surface area contributed by atoms with Crippen molar-refractivity contribution < 1.29 is 10.2 Å². The van der Waals surface area contributed by atoms with Gasteiger partial charge in [0.25, 0.3) is 0 Å². The van der Waals surface area contributed by atoms with Crippen molar-refractivity contribution in [1.29, 1.82) is 0 Å². The minimum absolute atomic E-state index is 0.211. The third kappa shape index (κ3) is 4.12. The van der Waals surface area contributed by atoms with Gasteiger partial charge < -0.3 is 15.5 Å². The molecule has 0 atom stereocenters. The van der Waals surface area contributed by atoms with Gasteiger partial charge in [0.15, 0.2) is 0 Å². The summed E-state index contributed by atoms with van der Waals surface area (Å²) in [5.74, 6) is 0.600. The van der Waals surface area contributed by atoms with Gasteiger partial charge in [0.2, 0.25) is 0 Å². The van der Waals surface area contributed by atoms with Gasteiger partial charge in [-0.3, -0.25) is 4.98 Å². The fraction of sp³-hybridized carbons (Fsp3) is 0.227. The summed E-state index contributed by atoms with van der Waals surface area (Å²) in [5.41, 5.74) is 4.02. The molecule has 7 heteroatoms. The molecular formula is C22H22N4O2S. The standard InChI is InChI=1S/C22H22N4O2S/c1-14-6-5-9-17(24-14)10-23-21-19-18(15-7-3-2-4-8-15)13-29-22(19)26-20(25-21)16(11-27)12-28/h2-9,13,16,27-28H,10-12H2,1H3,(H,23,25,26). The van der Waals surface area contributed by atoms with Crippen LogP contribution in [0.1, 0.15) is 23.1 Å². The van der Waals surface area contributed by atoms with E-state index in [9.17, 15) is 10.2 Å². The Morgan fingerprint density at radius 3 is 2.48 bits per heavy atom. The van der Waals surface area contributed by atoms with Crippen LogP contribution in [-0.4, -0.2) is 38.4 Å². The van der Waals surface area contributed by atoms with E-state index in [1.807, 2.05) is 43.3 Å². The Bertz CT molecular complexity index is 1110. The van der Waals surface area contributed by atoms with Crippen LogP contribution in [0, 0.1) is 6.92 Å². The van der Waals surface area contributed by atoms with Gasteiger partial charge in [0.1, 0.15) is 16.5 Å². The fourth-order valence-corrected chi connectivity index (χ4v) is 4.15. The second kappa shape index (κ2) is 8.65. The fourth-order valence-electron chi connectivity index (χ4n) is 3.19. The zero-order chi connectivity index (χ0) is 20.2. The summed E-state index contributed by atoms with van der Waals surface area (Å²) in [6, 6.07) is 16.0. The maximum Gasteiger partial charge on any atom is 0.140 e. The number of aliphatic hydroxyl groups excluding tert-OH is 2. The molecule has 4 aromatic rings. The van der Waals surface area contributed by atoms with Crippen LogP contribution >= 0.6 is 11.3 Å². The van der Waals surface area contributed by atoms with Crippen molar-refractivity contribution in [3.05, 3.63) is 71.1 Å². The molecule has 0 fully saturated rings. The quantitative estimate of drug-likeness (QED) is 0.433. The van der Waals surface area contributed by atoms with Gasteiger partial charge in [0.05, 0.1) is 36.8 Å². The number of aromatic nitrogens is 3. The molecule has 0 unspecified atom stereocenters. The van der Waals surface area contributed by atoms with Crippen LogP contribution < -0.4 is 5.32 Å². The van der Waals surface area contributed by atoms with Crippen LogP contribution in [0.2, 0.25) is 0 Å². The summed E-state index contributed by atoms with van der Waals surface area (Å²) in [5, 5.41) is 25.6. The van der Waals surface area contributed by atoms with Gasteiger partial charge in [-0.25, -0.2) is 9.97 Å². The van der Waals surface area contributed by atoms with Crippen LogP contribution in [0.25, 0.3) is 21.3 Å². The zero-order valence-electron chi connectivity index (χ0n) is 16.0. The predicted octanol–water partition coefficient (Wildman–Crippen LogP) is 3.74. The molecule has 0 bridgehead atoms. The molecule has 3 heterocycles. The minimum Gasteiger partial charge on any atom is -0.396 e. The number of hydrogen-bond donors (Lipinski definition) is 3. The lowest BCUT2D eigenvalue weighted by molar-refractivity contribution is 0.188. The Morgan fingerprint density at radius 1 is 0.966 bits per heavy atom. The molecule has 148 valence electrons. The number of rotatable bonds is 7. The molecule has 0 amide bonds. The second-order valence-electron chi connectivity index (χ2n) is 6.81. The first-order chi connectivity index (χ1) is 14.2. The molecule has 1 aromatic carbocycles. The van der Waals surface area contributed by atoms with E-state index in [0.29, 0.717) is 18.2 Å². The Balaban J connectivity index is 1.80. The van der Waals surface area contributed by atoms with E-state index in [1.165, 1.54) is 11.3 Å². The molecule has 0 aliphatic rings. The Morgan fingerprint density at radius 2 is 1.76 bits per heavy atom. The van der Waals surface area contributed by atoms with Gasteiger partial charge >= 0.3 is 0 Å². The molecule has 0 saturated carbocycles. The summed E-state index contributed by atoms with van der Waals surface area (Å²) in [7, 11) is 0. The first-order valence-corrected chi connectivity index (χ1v) is 10.3. The molecule has 29 heavy (non-hydrogen) atoms. The van der Waals surface area contributed by atoms with Gasteiger partial charge in [-0.1, -0.05) is 36.4 Å². The van der Waals surface area contributed by atoms with Crippen molar-refractivity contribution in [2.75, 3.05) is 18.5 Å². The Labute approximate surface area is 172 Å². The maximum atomic E-state index is 9.60. The summed E-state index contributed by atoms with van der Waals surface area (Å²) >= 11 is 1.53. The van der Waals surface area contributed by atoms with E-state index in [2.05, 4.69) is 37.8 Å². The Hall–Kier alpha value is -2.87. The second-order valence-corrected chi connectivity index (χ2v) is 7.67. The number of fused-ring (bicyclic) bond motifs is 1. The number of benzene rings is 1. The molecule has 4 rings (SSSR count). The van der Waals surface area contributed by atoms with E-state index in [0.717, 1.165) is 32.7 Å². The SMILES string of the molecule is Cc1cccc(CNc2nc(C(CO)CO)nc3scc(-c4ccccc4)c23)n1. The lowest BCUT2D eigenvalue weighted by atomic mass is 10.1. The van der Waals surface area contributed by atoms with Gasteiger partial charge in [0, 0.05) is 16.6 Å². The molecular weight excluding hydrogens is 384 g/mol. The number of thiophene rings is 1. The van der Waals surface area contributed by atoms with E-state index in [4.69, 9.17) is 0 Å². The summed E-state index contributed by atoms with van der Waals surface area (Å²) < 4.78 is 0. The molecule has 0 aliphatic heterocycles. The van der Waals surface area contributed by atoms with Crippen LogP contribution in [-0.2, 0) is 6.54 Å². The number of pyridine rings is 1. The molecule has 3 N–H and O–H groups in total. The lowest BCUT2D eigenvalue weighted by Crippen LogP contribution is -2.14. The van der Waals surface area contributed by atoms with E-state index >= 15 is 0 Å². The highest BCUT2D eigenvalue weighted by atomic mass is 32.1. The topological polar surface area (TPSA) is 91.2 Å². The van der Waals surface area contributed by atoms with Crippen molar-refractivity contribution in [2.45, 2.75) is 19.4 Å². The molecule has 0 saturated heterocycles. The first kappa shape index (κ1) is 19.4. The number of anilines is 1. The van der Waals surface area contributed by atoms with Crippen molar-refractivity contribution >= 4 is 27.4 Å². The van der Waals surface area contributed by atoms with Crippen LogP contribution in [0.3, 0.4) is 0 Å². The minimum atomic E-state index is -0.515. The smallest absolute Gasteiger partial charge is 0.140 e. The summed E-state index contributed by atoms with van der Waals surface area (Å²) in [6.45, 7) is 2.06. The molecule has 0 spiro atoms. The number of hydrogen-bond acceptors (Lipinski definition) is 7. The largest absolute Gasteiger partial charge is 0.396 e. The number of nitrogens with zero attached hydrogens (tertiary/aromatic N) is 3. The highest BCUT2D eigenvalue weighted by molar-refractivity contribution is 7.17. The van der Waals surface area contributed by atoms with E-state index in [1.54, 1.807) is 0 Å². The van der Waals surface area contributed by atoms with Crippen molar-refractivity contribution in [1.82, 2.24) is 15.0 Å². The van der Waals surface area contributed by atoms with Crippen molar-refractivity contribution in [3.63, 3.8) is 0 Å². The summed E-state index contributed by atoms with van der Waals surface area (Å²) in [6.07, 6.45) is 0. The number of nitrogens with one attached hydrogen (secondary N) is 1. The molecule has 3 aromatic heterocycles. The normalized spacial score (nSPS) is 11.3. The lowest BCUT2D eigenvalue weighted by Gasteiger charge is -2.14. The third-order valence-corrected chi connectivity index (χ3v) is 5.60. The Kier molecular flexibility index (Phi) is 5.80. The first-order valence-electron chi connectivity index (χ1n) is 9.42. The zero-order valence-corrected chi connectivity index (χ0v) is 16.9. The van der Waals surface area contributed by atoms with Crippen LogP contribution in [0.15, 0.2) is 53.9 Å². The third-order valence-electron chi connectivity index (χ3n) is 4.72. The van der Waals surface area contributed by atoms with E-state index in [-0.39, 0.29) is 13.2 Å². The number of aryl methyl sites for hydroxylation is 1. The molecule has 6 nitrogen and oxygen atoms in total. The summed E-state index contributed by atoms with van der Waals surface area (Å²) in [4.78, 5) is 14.7. The maximum absolute atomic E-state index is 9.60. The number of aliphatic hydroxyl groups is 2. The predicted molar refractivity (Wildman–Crippen MR) is 116 cm³/mol. The van der Waals surface area contributed by atoms with Gasteiger partial charge in [-0.15, -0.1) is 11.3 Å². The monoisotopic (exact) mass is 406 g/mol. The van der Waals surface area contributed by atoms with Crippen molar-refractivity contribution in [3.8, 4) is 11.1 Å². The highest BCUT2D eigenvalue weighted by Crippen LogP contribution is 2.37. The van der Waals surface area contributed by atoms with Gasteiger partial charge in [-0.2, -0.15) is 0 Å². The van der Waals surface area contributed by atoms with Crippen molar-refractivity contribution in [2.24, 2.45) is 0 Å². The average Bonchev–Trinajstić information content (AvgIpc) is 3.18. The van der Waals surface area contributed by atoms with Gasteiger partial charge in [-0.05, 0) is 24.6 Å². The van der Waals surface area contributed by atoms with E-state index < -0.39 is 5.92 Å². The average molecular weight is 407 g/mol. The molecule has 0 aliphatic carbocycles. The van der Waals surface area contributed by atoms with Crippen LogP contribution in [0.4, 0.5) is 5.82 Å². The molecule has 0 radical (unpaired) electrons.